The van der Waals surface area contributed by atoms with Crippen LogP contribution in [0.5, 0.6) is 0 Å². The van der Waals surface area contributed by atoms with Crippen LogP contribution in [0.15, 0.2) is 30.3 Å². The molecule has 1 aliphatic rings. The van der Waals surface area contributed by atoms with Crippen LogP contribution in [-0.2, 0) is 20.1 Å². The topological polar surface area (TPSA) is 18.5 Å². The zero-order chi connectivity index (χ0) is 20.4. The molecule has 0 aliphatic carbocycles. The van der Waals surface area contributed by atoms with Gasteiger partial charge < -0.3 is 9.31 Å². The van der Waals surface area contributed by atoms with Crippen molar-refractivity contribution in [2.24, 2.45) is 0 Å². The van der Waals surface area contributed by atoms with Crippen molar-refractivity contribution in [1.29, 1.82) is 0 Å². The quantitative estimate of drug-likeness (QED) is 0.600. The van der Waals surface area contributed by atoms with Gasteiger partial charge in [0.15, 0.2) is 0 Å². The van der Waals surface area contributed by atoms with E-state index in [1.807, 2.05) is 0 Å². The first-order valence-corrected chi connectivity index (χ1v) is 10.1. The van der Waals surface area contributed by atoms with E-state index in [4.69, 9.17) is 9.31 Å². The van der Waals surface area contributed by atoms with E-state index in [9.17, 15) is 0 Å². The van der Waals surface area contributed by atoms with E-state index in [2.05, 4.69) is 99.6 Å². The highest BCUT2D eigenvalue weighted by Gasteiger charge is 2.52. The van der Waals surface area contributed by atoms with Gasteiger partial charge in [0, 0.05) is 0 Å². The van der Waals surface area contributed by atoms with Crippen molar-refractivity contribution in [2.75, 3.05) is 0 Å². The standard InChI is InChI=1S/C24H35BO2/c1-21(2,3)17-12-11-16-13-18(22(4,5)6)15-20(19(16)14-17)25-26-23(7,8)24(9,10)27-25/h11-15H,1-10H3. The lowest BCUT2D eigenvalue weighted by atomic mass is 9.71. The zero-order valence-corrected chi connectivity index (χ0v) is 18.8. The summed E-state index contributed by atoms with van der Waals surface area (Å²) in [5, 5.41) is 2.48. The Labute approximate surface area is 165 Å². The summed E-state index contributed by atoms with van der Waals surface area (Å²) in [6.45, 7) is 22.0. The summed E-state index contributed by atoms with van der Waals surface area (Å²) in [6.07, 6.45) is 0. The van der Waals surface area contributed by atoms with Gasteiger partial charge in [-0.15, -0.1) is 0 Å². The molecule has 0 bridgehead atoms. The smallest absolute Gasteiger partial charge is 0.399 e. The molecule has 146 valence electrons. The summed E-state index contributed by atoms with van der Waals surface area (Å²) in [5.74, 6) is 0. The number of fused-ring (bicyclic) bond motifs is 1. The fourth-order valence-corrected chi connectivity index (χ4v) is 3.45. The minimum absolute atomic E-state index is 0.0648. The van der Waals surface area contributed by atoms with Gasteiger partial charge >= 0.3 is 7.12 Å². The average molecular weight is 366 g/mol. The fourth-order valence-electron chi connectivity index (χ4n) is 3.45. The van der Waals surface area contributed by atoms with Crippen molar-refractivity contribution in [3.05, 3.63) is 41.5 Å². The third-order valence-corrected chi connectivity index (χ3v) is 6.23. The second-order valence-corrected chi connectivity index (χ2v) is 11.1. The van der Waals surface area contributed by atoms with Crippen LogP contribution in [-0.4, -0.2) is 18.3 Å². The normalized spacial score (nSPS) is 19.7. The van der Waals surface area contributed by atoms with Gasteiger partial charge in [-0.05, 0) is 65.9 Å². The van der Waals surface area contributed by atoms with E-state index in [-0.39, 0.29) is 29.2 Å². The molecule has 0 amide bonds. The molecule has 0 saturated carbocycles. The lowest BCUT2D eigenvalue weighted by Gasteiger charge is -2.32. The van der Waals surface area contributed by atoms with Crippen LogP contribution in [0.2, 0.25) is 0 Å². The van der Waals surface area contributed by atoms with Gasteiger partial charge in [-0.25, -0.2) is 0 Å². The molecule has 0 unspecified atom stereocenters. The van der Waals surface area contributed by atoms with Gasteiger partial charge in [0.25, 0.3) is 0 Å². The van der Waals surface area contributed by atoms with Gasteiger partial charge in [0.05, 0.1) is 11.2 Å². The summed E-state index contributed by atoms with van der Waals surface area (Å²) in [6, 6.07) is 11.4. The third-order valence-electron chi connectivity index (χ3n) is 6.23. The molecule has 1 heterocycles. The van der Waals surface area contributed by atoms with E-state index < -0.39 is 0 Å². The predicted molar refractivity (Wildman–Crippen MR) is 117 cm³/mol. The van der Waals surface area contributed by atoms with Crippen LogP contribution in [0.25, 0.3) is 10.8 Å². The van der Waals surface area contributed by atoms with Gasteiger partial charge in [-0.1, -0.05) is 71.9 Å². The Morgan fingerprint density at radius 3 is 1.70 bits per heavy atom. The van der Waals surface area contributed by atoms with E-state index in [0.717, 1.165) is 5.46 Å². The van der Waals surface area contributed by atoms with Crippen molar-refractivity contribution in [3.8, 4) is 0 Å². The molecular weight excluding hydrogens is 331 g/mol. The molecule has 1 saturated heterocycles. The molecule has 2 aromatic carbocycles. The highest BCUT2D eigenvalue weighted by Crippen LogP contribution is 2.38. The largest absolute Gasteiger partial charge is 0.495 e. The number of hydrogen-bond donors (Lipinski definition) is 0. The molecule has 0 aromatic heterocycles. The summed E-state index contributed by atoms with van der Waals surface area (Å²) in [5.41, 5.74) is 3.26. The molecule has 3 heteroatoms. The minimum atomic E-state index is -0.352. The van der Waals surface area contributed by atoms with Gasteiger partial charge in [0.1, 0.15) is 0 Å². The van der Waals surface area contributed by atoms with E-state index >= 15 is 0 Å². The maximum absolute atomic E-state index is 6.43. The van der Waals surface area contributed by atoms with Crippen LogP contribution in [0, 0.1) is 0 Å². The molecule has 1 fully saturated rings. The number of rotatable bonds is 1. The van der Waals surface area contributed by atoms with Crippen LogP contribution < -0.4 is 5.46 Å². The lowest BCUT2D eigenvalue weighted by molar-refractivity contribution is 0.00578. The van der Waals surface area contributed by atoms with Crippen LogP contribution >= 0.6 is 0 Å². The second-order valence-electron chi connectivity index (χ2n) is 11.1. The molecule has 0 spiro atoms. The first-order chi connectivity index (χ1) is 12.1. The lowest BCUT2D eigenvalue weighted by Crippen LogP contribution is -2.41. The Hall–Kier alpha value is -1.32. The van der Waals surface area contributed by atoms with E-state index in [1.165, 1.54) is 21.9 Å². The van der Waals surface area contributed by atoms with Crippen molar-refractivity contribution in [2.45, 2.75) is 91.3 Å². The predicted octanol–water partition coefficient (Wildman–Crippen LogP) is 5.73. The molecule has 2 aromatic rings. The molecule has 0 N–H and O–H groups in total. The Morgan fingerprint density at radius 2 is 1.22 bits per heavy atom. The van der Waals surface area contributed by atoms with Crippen LogP contribution in [0.3, 0.4) is 0 Å². The average Bonchev–Trinajstić information content (AvgIpc) is 2.71. The first-order valence-electron chi connectivity index (χ1n) is 10.1. The van der Waals surface area contributed by atoms with E-state index in [1.54, 1.807) is 0 Å². The van der Waals surface area contributed by atoms with Gasteiger partial charge in [0.2, 0.25) is 0 Å². The molecule has 27 heavy (non-hydrogen) atoms. The SMILES string of the molecule is CC(C)(C)c1cc(B2OC(C)(C)C(C)(C)O2)c2cc(C(C)(C)C)ccc2c1. The Kier molecular flexibility index (Phi) is 4.61. The van der Waals surface area contributed by atoms with Gasteiger partial charge in [-0.2, -0.15) is 0 Å². The minimum Gasteiger partial charge on any atom is -0.399 e. The fraction of sp³-hybridized carbons (Fsp3) is 0.583. The molecule has 0 atom stereocenters. The molecule has 1 aliphatic heterocycles. The second kappa shape index (κ2) is 6.09. The van der Waals surface area contributed by atoms with Crippen molar-refractivity contribution < 1.29 is 9.31 Å². The highest BCUT2D eigenvalue weighted by molar-refractivity contribution is 6.65. The highest BCUT2D eigenvalue weighted by atomic mass is 16.7. The van der Waals surface area contributed by atoms with Crippen molar-refractivity contribution >= 4 is 23.4 Å². The third kappa shape index (κ3) is 3.69. The maximum atomic E-state index is 6.43. The van der Waals surface area contributed by atoms with Crippen molar-refractivity contribution in [3.63, 3.8) is 0 Å². The number of benzene rings is 2. The summed E-state index contributed by atoms with van der Waals surface area (Å²) >= 11 is 0. The summed E-state index contributed by atoms with van der Waals surface area (Å²) < 4.78 is 12.9. The molecule has 2 nitrogen and oxygen atoms in total. The first kappa shape index (κ1) is 20.4. The van der Waals surface area contributed by atoms with Crippen molar-refractivity contribution in [1.82, 2.24) is 0 Å². The Balaban J connectivity index is 2.25. The van der Waals surface area contributed by atoms with Crippen LogP contribution in [0.4, 0.5) is 0 Å². The molecular formula is C24H35BO2. The molecule has 0 radical (unpaired) electrons. The monoisotopic (exact) mass is 366 g/mol. The number of hydrogen-bond acceptors (Lipinski definition) is 2. The van der Waals surface area contributed by atoms with E-state index in [0.29, 0.717) is 0 Å². The zero-order valence-electron chi connectivity index (χ0n) is 18.8. The molecule has 3 rings (SSSR count). The Morgan fingerprint density at radius 1 is 0.704 bits per heavy atom. The summed E-state index contributed by atoms with van der Waals surface area (Å²) in [7, 11) is -0.352. The Bertz CT molecular complexity index is 850. The van der Waals surface area contributed by atoms with Crippen LogP contribution in [0.1, 0.15) is 80.4 Å². The maximum Gasteiger partial charge on any atom is 0.495 e. The van der Waals surface area contributed by atoms with Gasteiger partial charge in [-0.3, -0.25) is 0 Å². The summed E-state index contributed by atoms with van der Waals surface area (Å²) in [4.78, 5) is 0.